The average Bonchev–Trinajstić information content (AvgIpc) is 3.03. The lowest BCUT2D eigenvalue weighted by Gasteiger charge is -2.30. The number of sulfone groups is 1. The Morgan fingerprint density at radius 3 is 2.44 bits per heavy atom. The number of carbonyl (C=O) groups excluding carboxylic acids is 2. The zero-order valence-corrected chi connectivity index (χ0v) is 15.8. The average molecular weight is 366 g/mol. The van der Waals surface area contributed by atoms with Gasteiger partial charge in [-0.3, -0.25) is 9.59 Å². The molecule has 2 amide bonds. The molecule has 6 nitrogen and oxygen atoms in total. The van der Waals surface area contributed by atoms with E-state index in [-0.39, 0.29) is 29.0 Å². The normalized spacial score (nSPS) is 18.2. The molecule has 1 aliphatic rings. The molecule has 0 saturated carbocycles. The van der Waals surface area contributed by atoms with E-state index < -0.39 is 21.3 Å². The maximum absolute atomic E-state index is 12.4. The van der Waals surface area contributed by atoms with Crippen molar-refractivity contribution in [3.8, 4) is 0 Å². The van der Waals surface area contributed by atoms with Gasteiger partial charge in [-0.05, 0) is 25.0 Å². The Morgan fingerprint density at radius 1 is 1.20 bits per heavy atom. The predicted molar refractivity (Wildman–Crippen MR) is 95.7 cm³/mol. The summed E-state index contributed by atoms with van der Waals surface area (Å²) in [5.74, 6) is -0.497. The largest absolute Gasteiger partial charge is 0.353 e. The molecule has 1 atom stereocenters. The van der Waals surface area contributed by atoms with Crippen LogP contribution in [0, 0.1) is 5.41 Å². The van der Waals surface area contributed by atoms with Crippen LogP contribution in [-0.2, 0) is 19.4 Å². The SMILES string of the molecule is CC(C)(C)C(=O)N1CCCC1C(=O)NCCS(=O)(=O)c1ccccc1. The van der Waals surface area contributed by atoms with Crippen molar-refractivity contribution in [1.82, 2.24) is 10.2 Å². The summed E-state index contributed by atoms with van der Waals surface area (Å²) in [7, 11) is -3.43. The first kappa shape index (κ1) is 19.4. The second-order valence-corrected chi connectivity index (χ2v) is 9.44. The van der Waals surface area contributed by atoms with Crippen LogP contribution >= 0.6 is 0 Å². The number of nitrogens with one attached hydrogen (secondary N) is 1. The fourth-order valence-electron chi connectivity index (χ4n) is 2.89. The molecule has 1 unspecified atom stereocenters. The first-order valence-corrected chi connectivity index (χ1v) is 10.1. The van der Waals surface area contributed by atoms with Crippen LogP contribution in [0.15, 0.2) is 35.2 Å². The summed E-state index contributed by atoms with van der Waals surface area (Å²) in [4.78, 5) is 26.7. The quantitative estimate of drug-likeness (QED) is 0.858. The van der Waals surface area contributed by atoms with Crippen LogP contribution in [0.25, 0.3) is 0 Å². The molecule has 0 radical (unpaired) electrons. The molecule has 1 aliphatic heterocycles. The Kier molecular flexibility index (Phi) is 5.87. The van der Waals surface area contributed by atoms with Gasteiger partial charge in [-0.25, -0.2) is 8.42 Å². The molecule has 2 rings (SSSR count). The third kappa shape index (κ3) is 4.81. The minimum atomic E-state index is -3.43. The summed E-state index contributed by atoms with van der Waals surface area (Å²) >= 11 is 0. The van der Waals surface area contributed by atoms with Gasteiger partial charge in [0.2, 0.25) is 11.8 Å². The highest BCUT2D eigenvalue weighted by molar-refractivity contribution is 7.91. The number of nitrogens with zero attached hydrogens (tertiary/aromatic N) is 1. The molecule has 7 heteroatoms. The zero-order chi connectivity index (χ0) is 18.7. The van der Waals surface area contributed by atoms with Crippen molar-refractivity contribution in [2.24, 2.45) is 5.41 Å². The molecular weight excluding hydrogens is 340 g/mol. The number of hydrogen-bond donors (Lipinski definition) is 1. The van der Waals surface area contributed by atoms with Crippen LogP contribution in [-0.4, -0.2) is 50.0 Å². The lowest BCUT2D eigenvalue weighted by atomic mass is 9.94. The number of benzene rings is 1. The Hall–Kier alpha value is -1.89. The molecule has 0 spiro atoms. The molecule has 1 aromatic rings. The Labute approximate surface area is 149 Å². The minimum Gasteiger partial charge on any atom is -0.353 e. The predicted octanol–water partition coefficient (Wildman–Crippen LogP) is 1.61. The minimum absolute atomic E-state index is 0.0319. The molecular formula is C18H26N2O4S. The fraction of sp³-hybridized carbons (Fsp3) is 0.556. The Balaban J connectivity index is 1.93. The first-order chi connectivity index (χ1) is 11.6. The van der Waals surface area contributed by atoms with Crippen molar-refractivity contribution in [1.29, 1.82) is 0 Å². The van der Waals surface area contributed by atoms with E-state index in [0.29, 0.717) is 13.0 Å². The highest BCUT2D eigenvalue weighted by Gasteiger charge is 2.38. The fourth-order valence-corrected chi connectivity index (χ4v) is 4.06. The molecule has 1 fully saturated rings. The van der Waals surface area contributed by atoms with Gasteiger partial charge in [-0.1, -0.05) is 39.0 Å². The van der Waals surface area contributed by atoms with E-state index in [0.717, 1.165) is 6.42 Å². The third-order valence-corrected chi connectivity index (χ3v) is 5.96. The van der Waals surface area contributed by atoms with Gasteiger partial charge < -0.3 is 10.2 Å². The summed E-state index contributed by atoms with van der Waals surface area (Å²) in [6, 6.07) is 7.66. The molecule has 0 bridgehead atoms. The van der Waals surface area contributed by atoms with E-state index in [1.54, 1.807) is 23.1 Å². The van der Waals surface area contributed by atoms with Gasteiger partial charge in [0.05, 0.1) is 10.6 Å². The number of rotatable bonds is 5. The second-order valence-electron chi connectivity index (χ2n) is 7.33. The highest BCUT2D eigenvalue weighted by Crippen LogP contribution is 2.25. The number of likely N-dealkylation sites (tertiary alicyclic amines) is 1. The monoisotopic (exact) mass is 366 g/mol. The van der Waals surface area contributed by atoms with Gasteiger partial charge in [-0.15, -0.1) is 0 Å². The number of hydrogen-bond acceptors (Lipinski definition) is 4. The molecule has 1 aromatic carbocycles. The van der Waals surface area contributed by atoms with E-state index in [4.69, 9.17) is 0 Å². The second kappa shape index (κ2) is 7.56. The molecule has 25 heavy (non-hydrogen) atoms. The van der Waals surface area contributed by atoms with Crippen molar-refractivity contribution >= 4 is 21.7 Å². The van der Waals surface area contributed by atoms with Crippen LogP contribution in [0.3, 0.4) is 0 Å². The van der Waals surface area contributed by atoms with Gasteiger partial charge >= 0.3 is 0 Å². The maximum atomic E-state index is 12.4. The Morgan fingerprint density at radius 2 is 1.84 bits per heavy atom. The van der Waals surface area contributed by atoms with E-state index in [1.165, 1.54) is 12.1 Å². The lowest BCUT2D eigenvalue weighted by Crippen LogP contribution is -2.49. The molecule has 1 N–H and O–H groups in total. The van der Waals surface area contributed by atoms with Crippen molar-refractivity contribution in [3.05, 3.63) is 30.3 Å². The topological polar surface area (TPSA) is 83.6 Å². The smallest absolute Gasteiger partial charge is 0.242 e. The van der Waals surface area contributed by atoms with Crippen molar-refractivity contribution in [2.45, 2.75) is 44.6 Å². The standard InChI is InChI=1S/C18H26N2O4S/c1-18(2,3)17(22)20-12-7-10-15(20)16(21)19-11-13-25(23,24)14-8-5-4-6-9-14/h4-6,8-9,15H,7,10-13H2,1-3H3,(H,19,21). The van der Waals surface area contributed by atoms with E-state index in [9.17, 15) is 18.0 Å². The van der Waals surface area contributed by atoms with Crippen LogP contribution in [0.2, 0.25) is 0 Å². The lowest BCUT2D eigenvalue weighted by molar-refractivity contribution is -0.144. The van der Waals surface area contributed by atoms with Crippen LogP contribution in [0.5, 0.6) is 0 Å². The Bertz CT molecular complexity index is 723. The van der Waals surface area contributed by atoms with Gasteiger partial charge in [0.15, 0.2) is 9.84 Å². The van der Waals surface area contributed by atoms with Gasteiger partial charge in [0, 0.05) is 18.5 Å². The summed E-state index contributed by atoms with van der Waals surface area (Å²) in [5.41, 5.74) is -0.542. The summed E-state index contributed by atoms with van der Waals surface area (Å²) in [5, 5.41) is 2.67. The molecule has 0 aliphatic carbocycles. The number of amides is 2. The van der Waals surface area contributed by atoms with Gasteiger partial charge in [0.1, 0.15) is 6.04 Å². The van der Waals surface area contributed by atoms with E-state index >= 15 is 0 Å². The molecule has 138 valence electrons. The van der Waals surface area contributed by atoms with Crippen molar-refractivity contribution in [3.63, 3.8) is 0 Å². The van der Waals surface area contributed by atoms with E-state index in [2.05, 4.69) is 5.32 Å². The first-order valence-electron chi connectivity index (χ1n) is 8.49. The van der Waals surface area contributed by atoms with E-state index in [1.807, 2.05) is 20.8 Å². The molecule has 1 heterocycles. The number of carbonyl (C=O) groups is 2. The van der Waals surface area contributed by atoms with Crippen LogP contribution in [0.4, 0.5) is 0 Å². The van der Waals surface area contributed by atoms with Crippen LogP contribution < -0.4 is 5.32 Å². The summed E-state index contributed by atoms with van der Waals surface area (Å²) in [6.07, 6.45) is 1.39. The highest BCUT2D eigenvalue weighted by atomic mass is 32.2. The van der Waals surface area contributed by atoms with Gasteiger partial charge in [0.25, 0.3) is 0 Å². The zero-order valence-electron chi connectivity index (χ0n) is 15.0. The maximum Gasteiger partial charge on any atom is 0.242 e. The molecule has 1 saturated heterocycles. The van der Waals surface area contributed by atoms with Crippen LogP contribution in [0.1, 0.15) is 33.6 Å². The molecule has 0 aromatic heterocycles. The van der Waals surface area contributed by atoms with Gasteiger partial charge in [-0.2, -0.15) is 0 Å². The third-order valence-electron chi connectivity index (χ3n) is 4.23. The summed E-state index contributed by atoms with van der Waals surface area (Å²) < 4.78 is 24.4. The van der Waals surface area contributed by atoms with Crippen molar-refractivity contribution in [2.75, 3.05) is 18.8 Å². The van der Waals surface area contributed by atoms with Crippen molar-refractivity contribution < 1.29 is 18.0 Å². The summed E-state index contributed by atoms with van der Waals surface area (Å²) in [6.45, 7) is 6.08.